The highest BCUT2D eigenvalue weighted by Gasteiger charge is 2.32. The molecule has 1 aromatic heterocycles. The van der Waals surface area contributed by atoms with Gasteiger partial charge in [0.15, 0.2) is 0 Å². The van der Waals surface area contributed by atoms with Gasteiger partial charge in [0.05, 0.1) is 17.6 Å². The molecule has 28 heavy (non-hydrogen) atoms. The van der Waals surface area contributed by atoms with Crippen LogP contribution in [0, 0.1) is 0 Å². The van der Waals surface area contributed by atoms with E-state index in [1.165, 1.54) is 12.3 Å². The third-order valence-corrected chi connectivity index (χ3v) is 4.14. The van der Waals surface area contributed by atoms with Crippen LogP contribution in [0.4, 0.5) is 5.69 Å². The highest BCUT2D eigenvalue weighted by Crippen LogP contribution is 2.24. The average molecular weight is 374 g/mol. The molecule has 1 atom stereocenters. The first-order valence-corrected chi connectivity index (χ1v) is 8.43. The zero-order chi connectivity index (χ0) is 19.5. The summed E-state index contributed by atoms with van der Waals surface area (Å²) in [6, 6.07) is 16.2. The number of carbonyl (C=O) groups excluding carboxylic acids is 3. The van der Waals surface area contributed by atoms with E-state index in [0.717, 1.165) is 5.56 Å². The van der Waals surface area contributed by atoms with Crippen LogP contribution in [0.1, 0.15) is 21.7 Å². The Balaban J connectivity index is 1.72. The number of benzene rings is 2. The predicted molar refractivity (Wildman–Crippen MR) is 99.9 cm³/mol. The van der Waals surface area contributed by atoms with E-state index in [1.807, 2.05) is 36.4 Å². The van der Waals surface area contributed by atoms with Gasteiger partial charge in [0.25, 0.3) is 17.7 Å². The number of amides is 3. The van der Waals surface area contributed by atoms with Gasteiger partial charge < -0.3 is 9.84 Å². The van der Waals surface area contributed by atoms with Gasteiger partial charge in [-0.1, -0.05) is 53.7 Å². The Labute approximate surface area is 159 Å². The van der Waals surface area contributed by atoms with Gasteiger partial charge >= 0.3 is 0 Å². The number of anilines is 1. The summed E-state index contributed by atoms with van der Waals surface area (Å²) in [5.74, 6) is -2.44. The summed E-state index contributed by atoms with van der Waals surface area (Å²) in [6.07, 6.45) is 1.28. The molecule has 1 aliphatic rings. The molecule has 0 aliphatic carbocycles. The van der Waals surface area contributed by atoms with Crippen molar-refractivity contribution >= 4 is 29.1 Å². The fourth-order valence-electron chi connectivity index (χ4n) is 2.84. The number of benzodiazepines with no additional fused rings is 1. The van der Waals surface area contributed by atoms with Crippen LogP contribution >= 0.6 is 0 Å². The van der Waals surface area contributed by atoms with Crippen molar-refractivity contribution in [3.8, 4) is 0 Å². The maximum Gasteiger partial charge on any atom is 0.296 e. The van der Waals surface area contributed by atoms with Crippen LogP contribution in [-0.4, -0.2) is 34.6 Å². The number of para-hydroxylation sites is 1. The molecule has 4 rings (SSSR count). The first-order valence-electron chi connectivity index (χ1n) is 8.43. The summed E-state index contributed by atoms with van der Waals surface area (Å²) < 4.78 is 4.73. The van der Waals surface area contributed by atoms with Crippen LogP contribution < -0.4 is 10.6 Å². The Hall–Kier alpha value is -4.07. The van der Waals surface area contributed by atoms with E-state index in [4.69, 9.17) is 4.52 Å². The van der Waals surface area contributed by atoms with Crippen LogP contribution in [0.3, 0.4) is 0 Å². The summed E-state index contributed by atoms with van der Waals surface area (Å²) in [7, 11) is 0. The molecule has 1 unspecified atom stereocenters. The van der Waals surface area contributed by atoms with Crippen molar-refractivity contribution < 1.29 is 18.9 Å². The van der Waals surface area contributed by atoms with Crippen LogP contribution in [0.2, 0.25) is 0 Å². The first-order chi connectivity index (χ1) is 13.6. The normalized spacial score (nSPS) is 15.6. The maximum atomic E-state index is 12.6. The monoisotopic (exact) mass is 374 g/mol. The zero-order valence-electron chi connectivity index (χ0n) is 14.5. The summed E-state index contributed by atoms with van der Waals surface area (Å²) >= 11 is 0. The molecule has 3 aromatic rings. The lowest BCUT2D eigenvalue weighted by Gasteiger charge is -2.10. The zero-order valence-corrected chi connectivity index (χ0v) is 14.5. The molecule has 8 nitrogen and oxygen atoms in total. The smallest absolute Gasteiger partial charge is 0.296 e. The van der Waals surface area contributed by atoms with E-state index >= 15 is 0 Å². The summed E-state index contributed by atoms with van der Waals surface area (Å²) in [6.45, 7) is 0. The largest absolute Gasteiger partial charge is 0.351 e. The van der Waals surface area contributed by atoms with E-state index in [0.29, 0.717) is 17.0 Å². The molecule has 2 N–H and O–H groups in total. The van der Waals surface area contributed by atoms with Gasteiger partial charge in [0, 0.05) is 17.2 Å². The van der Waals surface area contributed by atoms with Gasteiger partial charge in [-0.3, -0.25) is 24.7 Å². The molecule has 0 saturated heterocycles. The van der Waals surface area contributed by atoms with Gasteiger partial charge in [0.2, 0.25) is 11.8 Å². The molecule has 0 radical (unpaired) electrons. The SMILES string of the molecule is O=C(NC(=O)C1N=C(c2ccccc2)c2ccccc2NC1=O)c1ccno1. The van der Waals surface area contributed by atoms with Crippen LogP contribution in [0.25, 0.3) is 0 Å². The number of aliphatic imine (C=N–C) groups is 1. The Morgan fingerprint density at radius 2 is 1.75 bits per heavy atom. The lowest BCUT2D eigenvalue weighted by Crippen LogP contribution is -2.43. The van der Waals surface area contributed by atoms with Gasteiger partial charge in [-0.25, -0.2) is 0 Å². The molecular formula is C20H14N4O4. The van der Waals surface area contributed by atoms with Crippen molar-refractivity contribution in [1.29, 1.82) is 0 Å². The summed E-state index contributed by atoms with van der Waals surface area (Å²) in [4.78, 5) is 41.7. The Morgan fingerprint density at radius 3 is 2.50 bits per heavy atom. The highest BCUT2D eigenvalue weighted by atomic mass is 16.5. The summed E-state index contributed by atoms with van der Waals surface area (Å²) in [5, 5.41) is 8.25. The van der Waals surface area contributed by atoms with Crippen molar-refractivity contribution in [2.75, 3.05) is 5.32 Å². The highest BCUT2D eigenvalue weighted by molar-refractivity contribution is 6.24. The molecular weight excluding hydrogens is 360 g/mol. The minimum absolute atomic E-state index is 0.141. The van der Waals surface area contributed by atoms with Crippen molar-refractivity contribution in [1.82, 2.24) is 10.5 Å². The van der Waals surface area contributed by atoms with Gasteiger partial charge in [-0.15, -0.1) is 0 Å². The lowest BCUT2D eigenvalue weighted by molar-refractivity contribution is -0.127. The second-order valence-electron chi connectivity index (χ2n) is 5.98. The molecule has 0 fully saturated rings. The molecule has 8 heteroatoms. The molecule has 0 spiro atoms. The third-order valence-electron chi connectivity index (χ3n) is 4.14. The quantitative estimate of drug-likeness (QED) is 0.536. The number of nitrogens with one attached hydrogen (secondary N) is 2. The van der Waals surface area contributed by atoms with E-state index in [2.05, 4.69) is 20.8 Å². The average Bonchev–Trinajstić information content (AvgIpc) is 3.20. The molecule has 2 aromatic carbocycles. The molecule has 0 bridgehead atoms. The lowest BCUT2D eigenvalue weighted by atomic mass is 10.0. The van der Waals surface area contributed by atoms with Gasteiger partial charge in [0.1, 0.15) is 0 Å². The number of imide groups is 1. The molecule has 3 amide bonds. The van der Waals surface area contributed by atoms with Crippen molar-refractivity contribution in [3.05, 3.63) is 83.7 Å². The van der Waals surface area contributed by atoms with Crippen LogP contribution in [0.15, 0.2) is 76.4 Å². The minimum Gasteiger partial charge on any atom is -0.351 e. The van der Waals surface area contributed by atoms with Crippen molar-refractivity contribution in [2.24, 2.45) is 4.99 Å². The Morgan fingerprint density at radius 1 is 1.00 bits per heavy atom. The van der Waals surface area contributed by atoms with E-state index in [-0.39, 0.29) is 5.76 Å². The first kappa shape index (κ1) is 17.3. The fourth-order valence-corrected chi connectivity index (χ4v) is 2.84. The second-order valence-corrected chi connectivity index (χ2v) is 5.98. The Bertz CT molecular complexity index is 1070. The van der Waals surface area contributed by atoms with Gasteiger partial charge in [-0.2, -0.15) is 0 Å². The standard InChI is InChI=1S/C20H14N4O4/c25-18(15-10-11-21-28-15)24-20(27)17-19(26)22-14-9-5-4-8-13(14)16(23-17)12-6-2-1-3-7-12/h1-11,17H,(H,22,26)(H,24,25,27). The topological polar surface area (TPSA) is 114 Å². The number of aromatic nitrogens is 1. The number of hydrogen-bond acceptors (Lipinski definition) is 6. The minimum atomic E-state index is -1.45. The molecule has 0 saturated carbocycles. The fraction of sp³-hybridized carbons (Fsp3) is 0.0500. The second kappa shape index (κ2) is 7.28. The predicted octanol–water partition coefficient (Wildman–Crippen LogP) is 1.79. The maximum absolute atomic E-state index is 12.6. The Kier molecular flexibility index (Phi) is 4.51. The van der Waals surface area contributed by atoms with Crippen LogP contribution in [0.5, 0.6) is 0 Å². The van der Waals surface area contributed by atoms with E-state index in [9.17, 15) is 14.4 Å². The molecule has 1 aliphatic heterocycles. The number of fused-ring (bicyclic) bond motifs is 1. The van der Waals surface area contributed by atoms with Crippen molar-refractivity contribution in [3.63, 3.8) is 0 Å². The van der Waals surface area contributed by atoms with E-state index in [1.54, 1.807) is 18.2 Å². The molecule has 2 heterocycles. The molecule has 138 valence electrons. The van der Waals surface area contributed by atoms with Crippen molar-refractivity contribution in [2.45, 2.75) is 6.04 Å². The number of hydrogen-bond donors (Lipinski definition) is 2. The van der Waals surface area contributed by atoms with Gasteiger partial charge in [-0.05, 0) is 6.07 Å². The van der Waals surface area contributed by atoms with E-state index < -0.39 is 23.8 Å². The van der Waals surface area contributed by atoms with Crippen LogP contribution in [-0.2, 0) is 9.59 Å². The number of carbonyl (C=O) groups is 3. The number of nitrogens with zero attached hydrogens (tertiary/aromatic N) is 2. The third kappa shape index (κ3) is 3.30. The number of rotatable bonds is 3. The summed E-state index contributed by atoms with van der Waals surface area (Å²) in [5.41, 5.74) is 2.43.